The summed E-state index contributed by atoms with van der Waals surface area (Å²) in [6.45, 7) is 0. The van der Waals surface area contributed by atoms with Gasteiger partial charge >= 0.3 is 18.3 Å². The largest absolute Gasteiger partial charge is 0.478 e. The highest BCUT2D eigenvalue weighted by Crippen LogP contribution is 2.38. The molecule has 0 saturated heterocycles. The Kier molecular flexibility index (Phi) is 3.63. The highest BCUT2D eigenvalue weighted by Gasteiger charge is 2.37. The maximum absolute atomic E-state index is 12.7. The van der Waals surface area contributed by atoms with Crippen molar-refractivity contribution in [1.82, 2.24) is 10.2 Å². The Labute approximate surface area is 118 Å². The minimum absolute atomic E-state index is 0.0414. The summed E-state index contributed by atoms with van der Waals surface area (Å²) in [4.78, 5) is 10.9. The maximum atomic E-state index is 12.7. The zero-order valence-corrected chi connectivity index (χ0v) is 10.4. The van der Waals surface area contributed by atoms with E-state index in [1.54, 1.807) is 0 Å². The fraction of sp³-hybridized carbons (Fsp3) is 0.167. The number of aromatic amines is 1. The Morgan fingerprint density at radius 3 is 1.91 bits per heavy atom. The number of nitrogens with zero attached hydrogens (tertiary/aromatic N) is 1. The molecule has 2 aromatic rings. The van der Waals surface area contributed by atoms with Crippen LogP contribution in [0.1, 0.15) is 21.5 Å². The maximum Gasteiger partial charge on any atom is 0.416 e. The summed E-state index contributed by atoms with van der Waals surface area (Å²) < 4.78 is 76.4. The molecule has 0 bridgehead atoms. The van der Waals surface area contributed by atoms with Crippen molar-refractivity contribution in [2.75, 3.05) is 0 Å². The second kappa shape index (κ2) is 5.04. The molecule has 118 valence electrons. The molecule has 0 aliphatic carbocycles. The number of benzene rings is 1. The van der Waals surface area contributed by atoms with E-state index in [1.807, 2.05) is 0 Å². The number of nitrogens with one attached hydrogen (secondary N) is 1. The molecule has 0 amide bonds. The molecule has 0 fully saturated rings. The zero-order chi connectivity index (χ0) is 16.7. The van der Waals surface area contributed by atoms with Gasteiger partial charge in [0, 0.05) is 5.56 Å². The molecule has 1 aromatic heterocycles. The van der Waals surface area contributed by atoms with Gasteiger partial charge in [0.05, 0.1) is 23.0 Å². The second-order valence-electron chi connectivity index (χ2n) is 4.26. The first-order chi connectivity index (χ1) is 10.00. The fourth-order valence-corrected chi connectivity index (χ4v) is 1.77. The molecule has 0 saturated carbocycles. The number of halogens is 6. The van der Waals surface area contributed by atoms with Crippen LogP contribution < -0.4 is 0 Å². The predicted octanol–water partition coefficient (Wildman–Crippen LogP) is 3.81. The molecule has 1 heterocycles. The summed E-state index contributed by atoms with van der Waals surface area (Å²) in [5.41, 5.74) is -4.62. The number of H-pyrrole nitrogens is 1. The highest BCUT2D eigenvalue weighted by atomic mass is 19.4. The molecule has 0 aliphatic heterocycles. The number of carboxylic acid groups (broad SMARTS) is 1. The number of hydrogen-bond donors (Lipinski definition) is 2. The summed E-state index contributed by atoms with van der Waals surface area (Å²) in [5.74, 6) is -1.53. The van der Waals surface area contributed by atoms with Crippen LogP contribution in [0.15, 0.2) is 24.4 Å². The summed E-state index contributed by atoms with van der Waals surface area (Å²) in [5, 5.41) is 14.3. The number of carboxylic acids is 1. The third kappa shape index (κ3) is 3.05. The third-order valence-electron chi connectivity index (χ3n) is 2.75. The number of aromatic carboxylic acids is 1. The van der Waals surface area contributed by atoms with Gasteiger partial charge in [0.1, 0.15) is 5.56 Å². The van der Waals surface area contributed by atoms with Crippen LogP contribution in [-0.2, 0) is 12.4 Å². The molecular weight excluding hydrogens is 318 g/mol. The molecule has 2 rings (SSSR count). The first-order valence-corrected chi connectivity index (χ1v) is 5.56. The van der Waals surface area contributed by atoms with Crippen molar-refractivity contribution in [3.8, 4) is 11.3 Å². The lowest BCUT2D eigenvalue weighted by atomic mass is 10.0. The monoisotopic (exact) mass is 324 g/mol. The molecule has 10 heteroatoms. The average molecular weight is 324 g/mol. The summed E-state index contributed by atoms with van der Waals surface area (Å²) in [6.07, 6.45) is -9.23. The van der Waals surface area contributed by atoms with Gasteiger partial charge in [-0.2, -0.15) is 31.4 Å². The van der Waals surface area contributed by atoms with Gasteiger partial charge in [-0.3, -0.25) is 5.10 Å². The van der Waals surface area contributed by atoms with E-state index in [1.165, 1.54) is 0 Å². The Balaban J connectivity index is 2.70. The summed E-state index contributed by atoms with van der Waals surface area (Å²) in [7, 11) is 0. The van der Waals surface area contributed by atoms with Gasteiger partial charge in [-0.25, -0.2) is 4.79 Å². The van der Waals surface area contributed by atoms with Crippen molar-refractivity contribution in [1.29, 1.82) is 0 Å². The van der Waals surface area contributed by atoms with Crippen molar-refractivity contribution < 1.29 is 36.2 Å². The molecule has 2 N–H and O–H groups in total. The molecule has 4 nitrogen and oxygen atoms in total. The summed E-state index contributed by atoms with van der Waals surface area (Å²) >= 11 is 0. The third-order valence-corrected chi connectivity index (χ3v) is 2.75. The van der Waals surface area contributed by atoms with Crippen molar-refractivity contribution in [2.24, 2.45) is 0 Å². The Morgan fingerprint density at radius 1 is 1.00 bits per heavy atom. The second-order valence-corrected chi connectivity index (χ2v) is 4.26. The van der Waals surface area contributed by atoms with E-state index >= 15 is 0 Å². The van der Waals surface area contributed by atoms with Gasteiger partial charge in [0.25, 0.3) is 0 Å². The van der Waals surface area contributed by atoms with Gasteiger partial charge in [-0.05, 0) is 18.2 Å². The average Bonchev–Trinajstić information content (AvgIpc) is 2.85. The minimum atomic E-state index is -5.01. The lowest BCUT2D eigenvalue weighted by Gasteiger charge is -2.14. The van der Waals surface area contributed by atoms with Gasteiger partial charge in [0.15, 0.2) is 0 Å². The first kappa shape index (κ1) is 15.9. The van der Waals surface area contributed by atoms with Crippen molar-refractivity contribution in [3.05, 3.63) is 41.1 Å². The van der Waals surface area contributed by atoms with E-state index in [2.05, 4.69) is 10.2 Å². The van der Waals surface area contributed by atoms with Crippen LogP contribution in [0.3, 0.4) is 0 Å². The van der Waals surface area contributed by atoms with E-state index in [4.69, 9.17) is 5.11 Å². The van der Waals surface area contributed by atoms with Gasteiger partial charge in [-0.1, -0.05) is 0 Å². The van der Waals surface area contributed by atoms with Crippen LogP contribution in [-0.4, -0.2) is 21.3 Å². The van der Waals surface area contributed by atoms with Crippen LogP contribution in [0, 0.1) is 0 Å². The SMILES string of the molecule is O=C(O)c1cn[nH]c1-c1cc(C(F)(F)F)cc(C(F)(F)F)c1. The summed E-state index contributed by atoms with van der Waals surface area (Å²) in [6, 6.07) is 0.810. The number of aromatic nitrogens is 2. The van der Waals surface area contributed by atoms with Crippen LogP contribution in [0.5, 0.6) is 0 Å². The van der Waals surface area contributed by atoms with Gasteiger partial charge in [0.2, 0.25) is 0 Å². The fourth-order valence-electron chi connectivity index (χ4n) is 1.77. The zero-order valence-electron chi connectivity index (χ0n) is 10.4. The molecule has 0 atom stereocenters. The molecule has 1 aromatic carbocycles. The van der Waals surface area contributed by atoms with Gasteiger partial charge in [-0.15, -0.1) is 0 Å². The molecule has 0 aliphatic rings. The number of carbonyl (C=O) groups is 1. The number of alkyl halides is 6. The van der Waals surface area contributed by atoms with Crippen molar-refractivity contribution in [2.45, 2.75) is 12.4 Å². The van der Waals surface area contributed by atoms with E-state index in [0.717, 1.165) is 6.20 Å². The molecule has 0 radical (unpaired) electrons. The molecule has 0 unspecified atom stereocenters. The first-order valence-electron chi connectivity index (χ1n) is 5.56. The molecule has 0 spiro atoms. The van der Waals surface area contributed by atoms with Crippen LogP contribution in [0.4, 0.5) is 26.3 Å². The van der Waals surface area contributed by atoms with E-state index in [0.29, 0.717) is 12.1 Å². The van der Waals surface area contributed by atoms with Crippen LogP contribution in [0.2, 0.25) is 0 Å². The highest BCUT2D eigenvalue weighted by molar-refractivity contribution is 5.94. The van der Waals surface area contributed by atoms with Crippen molar-refractivity contribution >= 4 is 5.97 Å². The molecule has 22 heavy (non-hydrogen) atoms. The normalized spacial score (nSPS) is 12.5. The standard InChI is InChI=1S/C12H6F6N2O2/c13-11(14,15)6-1-5(2-7(3-6)12(16,17)18)9-8(10(21)22)4-19-20-9/h1-4H,(H,19,20)(H,21,22). The lowest BCUT2D eigenvalue weighted by molar-refractivity contribution is -0.143. The number of rotatable bonds is 2. The van der Waals surface area contributed by atoms with Crippen LogP contribution >= 0.6 is 0 Å². The number of hydrogen-bond acceptors (Lipinski definition) is 2. The lowest BCUT2D eigenvalue weighted by Crippen LogP contribution is -2.11. The Hall–Kier alpha value is -2.52. The quantitative estimate of drug-likeness (QED) is 0.826. The van der Waals surface area contributed by atoms with E-state index in [-0.39, 0.29) is 6.07 Å². The predicted molar refractivity (Wildman–Crippen MR) is 61.0 cm³/mol. The Morgan fingerprint density at radius 2 is 1.50 bits per heavy atom. The van der Waals surface area contributed by atoms with E-state index < -0.39 is 46.3 Å². The van der Waals surface area contributed by atoms with Crippen LogP contribution in [0.25, 0.3) is 11.3 Å². The van der Waals surface area contributed by atoms with E-state index in [9.17, 15) is 31.1 Å². The minimum Gasteiger partial charge on any atom is -0.478 e. The Bertz CT molecular complexity index is 685. The van der Waals surface area contributed by atoms with Gasteiger partial charge < -0.3 is 5.11 Å². The van der Waals surface area contributed by atoms with Crippen molar-refractivity contribution in [3.63, 3.8) is 0 Å². The topological polar surface area (TPSA) is 66.0 Å². The smallest absolute Gasteiger partial charge is 0.416 e. The molecular formula is C12H6F6N2O2.